The van der Waals surface area contributed by atoms with Gasteiger partial charge in [-0.05, 0) is 72.1 Å². The number of benzene rings is 4. The number of carboxylic acid groups (broad SMARTS) is 1. The van der Waals surface area contributed by atoms with Gasteiger partial charge in [-0.15, -0.1) is 13.2 Å². The molecular weight excluding hydrogens is 642 g/mol. The Balaban J connectivity index is 1.62. The number of hydrogen-bond donors (Lipinski definition) is 1. The maximum absolute atomic E-state index is 13.8. The van der Waals surface area contributed by atoms with Crippen LogP contribution in [0.25, 0.3) is 0 Å². The first-order valence-corrected chi connectivity index (χ1v) is 15.1. The highest BCUT2D eigenvalue weighted by molar-refractivity contribution is 7.92. The van der Waals surface area contributed by atoms with Crippen LogP contribution in [0.4, 0.5) is 18.9 Å². The minimum atomic E-state index is -4.89. The summed E-state index contributed by atoms with van der Waals surface area (Å²) in [5.41, 5.74) is 1.40. The van der Waals surface area contributed by atoms with Gasteiger partial charge in [-0.1, -0.05) is 65.7 Å². The van der Waals surface area contributed by atoms with Crippen molar-refractivity contribution in [2.24, 2.45) is 5.92 Å². The molecule has 0 bridgehead atoms. The summed E-state index contributed by atoms with van der Waals surface area (Å²) in [4.78, 5) is 24.7. The Labute approximate surface area is 261 Å². The van der Waals surface area contributed by atoms with Crippen LogP contribution in [0.15, 0.2) is 102 Å². The third-order valence-electron chi connectivity index (χ3n) is 6.55. The van der Waals surface area contributed by atoms with Crippen LogP contribution in [-0.4, -0.2) is 31.6 Å². The fourth-order valence-electron chi connectivity index (χ4n) is 4.34. The van der Waals surface area contributed by atoms with Crippen LogP contribution in [0, 0.1) is 5.92 Å². The lowest BCUT2D eigenvalue weighted by atomic mass is 9.92. The molecule has 4 rings (SSSR count). The van der Waals surface area contributed by atoms with Gasteiger partial charge < -0.3 is 9.84 Å². The van der Waals surface area contributed by atoms with Gasteiger partial charge in [0.05, 0.1) is 33.1 Å². The van der Waals surface area contributed by atoms with E-state index in [9.17, 15) is 36.3 Å². The van der Waals surface area contributed by atoms with E-state index in [2.05, 4.69) is 4.74 Å². The van der Waals surface area contributed by atoms with E-state index < -0.39 is 39.8 Å². The zero-order chi connectivity index (χ0) is 32.1. The van der Waals surface area contributed by atoms with Gasteiger partial charge in [0.25, 0.3) is 10.0 Å². The molecule has 1 atom stereocenters. The molecule has 0 saturated carbocycles. The SMILES string of the molecule is O=C(CC(Cc1ccccc1)C(=O)O)c1ccc(N(Cc2ccc(OC(F)(F)F)cc2)S(=O)(=O)c2ccc(Cl)c(Cl)c2)cc1. The summed E-state index contributed by atoms with van der Waals surface area (Å²) >= 11 is 12.0. The monoisotopic (exact) mass is 665 g/mol. The fraction of sp³-hybridized carbons (Fsp3) is 0.161. The molecule has 44 heavy (non-hydrogen) atoms. The van der Waals surface area contributed by atoms with Gasteiger partial charge >= 0.3 is 12.3 Å². The minimum absolute atomic E-state index is 0.00854. The Hall–Kier alpha value is -4.06. The van der Waals surface area contributed by atoms with E-state index in [4.69, 9.17) is 23.2 Å². The van der Waals surface area contributed by atoms with Gasteiger partial charge in [0, 0.05) is 12.0 Å². The van der Waals surface area contributed by atoms with Gasteiger partial charge in [0.15, 0.2) is 5.78 Å². The second kappa shape index (κ2) is 13.7. The average molecular weight is 667 g/mol. The Morgan fingerprint density at radius 2 is 1.48 bits per heavy atom. The van der Waals surface area contributed by atoms with Crippen molar-refractivity contribution in [3.05, 3.63) is 124 Å². The molecule has 0 aliphatic heterocycles. The van der Waals surface area contributed by atoms with Gasteiger partial charge in [0.1, 0.15) is 5.75 Å². The lowest BCUT2D eigenvalue weighted by Crippen LogP contribution is -2.30. The first kappa shape index (κ1) is 32.8. The molecule has 0 aliphatic rings. The number of ketones is 1. The number of ether oxygens (including phenoxy) is 1. The highest BCUT2D eigenvalue weighted by Gasteiger charge is 2.31. The van der Waals surface area contributed by atoms with Crippen molar-refractivity contribution in [2.45, 2.75) is 30.6 Å². The number of halogens is 5. The third-order valence-corrected chi connectivity index (χ3v) is 9.05. The summed E-state index contributed by atoms with van der Waals surface area (Å²) in [7, 11) is -4.31. The van der Waals surface area contributed by atoms with Gasteiger partial charge in [0.2, 0.25) is 0 Å². The molecule has 0 fully saturated rings. The fourth-order valence-corrected chi connectivity index (χ4v) is 6.18. The maximum Gasteiger partial charge on any atom is 0.573 e. The smallest absolute Gasteiger partial charge is 0.481 e. The summed E-state index contributed by atoms with van der Waals surface area (Å²) < 4.78 is 70.2. The van der Waals surface area contributed by atoms with Gasteiger partial charge in [-0.25, -0.2) is 8.42 Å². The number of nitrogens with zero attached hydrogens (tertiary/aromatic N) is 1. The number of anilines is 1. The predicted molar refractivity (Wildman–Crippen MR) is 160 cm³/mol. The predicted octanol–water partition coefficient (Wildman–Crippen LogP) is 7.80. The van der Waals surface area contributed by atoms with Crippen LogP contribution in [-0.2, 0) is 27.8 Å². The molecule has 13 heteroatoms. The van der Waals surface area contributed by atoms with Crippen molar-refractivity contribution in [3.8, 4) is 5.75 Å². The largest absolute Gasteiger partial charge is 0.573 e. The standard InChI is InChI=1S/C31H24Cl2F3NO6S/c32-27-15-14-26(18-28(27)33)44(41,42)37(19-21-6-12-25(13-7-21)43-31(34,35)36)24-10-8-22(9-11-24)29(38)17-23(30(39)40)16-20-4-2-1-3-5-20/h1-15,18,23H,16-17,19H2,(H,39,40). The van der Waals surface area contributed by atoms with Crippen LogP contribution in [0.3, 0.4) is 0 Å². The molecule has 0 spiro atoms. The molecule has 0 amide bonds. The number of Topliss-reactive ketones (excluding diaryl/α,β-unsaturated/α-hetero) is 1. The molecule has 0 aliphatic carbocycles. The minimum Gasteiger partial charge on any atom is -0.481 e. The number of alkyl halides is 3. The van der Waals surface area contributed by atoms with E-state index in [0.717, 1.165) is 22.0 Å². The summed E-state index contributed by atoms with van der Waals surface area (Å²) in [6.45, 7) is -0.305. The van der Waals surface area contributed by atoms with Gasteiger partial charge in [-0.2, -0.15) is 0 Å². The summed E-state index contributed by atoms with van der Waals surface area (Å²) in [5, 5.41) is 9.81. The number of rotatable bonds is 12. The summed E-state index contributed by atoms with van der Waals surface area (Å²) in [5.74, 6) is -3.02. The number of carbonyl (C=O) groups excluding carboxylic acids is 1. The van der Waals surface area contributed by atoms with Crippen molar-refractivity contribution in [1.29, 1.82) is 0 Å². The Morgan fingerprint density at radius 3 is 2.05 bits per heavy atom. The summed E-state index contributed by atoms with van der Waals surface area (Å²) in [6, 6.07) is 22.9. The molecule has 230 valence electrons. The first-order valence-electron chi connectivity index (χ1n) is 13.0. The van der Waals surface area contributed by atoms with Crippen molar-refractivity contribution in [1.82, 2.24) is 0 Å². The third kappa shape index (κ3) is 8.52. The van der Waals surface area contributed by atoms with Crippen molar-refractivity contribution in [2.75, 3.05) is 4.31 Å². The second-order valence-corrected chi connectivity index (χ2v) is 12.4. The Morgan fingerprint density at radius 1 is 0.841 bits per heavy atom. The van der Waals surface area contributed by atoms with Crippen LogP contribution in [0.2, 0.25) is 10.0 Å². The van der Waals surface area contributed by atoms with Crippen LogP contribution >= 0.6 is 23.2 Å². The second-order valence-electron chi connectivity index (χ2n) is 9.68. The zero-order valence-electron chi connectivity index (χ0n) is 22.7. The molecule has 0 aromatic heterocycles. The van der Waals surface area contributed by atoms with Crippen molar-refractivity contribution < 1.29 is 41.0 Å². The summed E-state index contributed by atoms with van der Waals surface area (Å²) in [6.07, 6.45) is -5.01. The van der Waals surface area contributed by atoms with Crippen LogP contribution < -0.4 is 9.04 Å². The Bertz CT molecular complexity index is 1730. The normalized spacial score (nSPS) is 12.4. The van der Waals surface area contributed by atoms with Crippen molar-refractivity contribution >= 4 is 50.7 Å². The first-order chi connectivity index (χ1) is 20.7. The molecule has 0 heterocycles. The number of hydrogen-bond acceptors (Lipinski definition) is 5. The topological polar surface area (TPSA) is 101 Å². The van der Waals surface area contributed by atoms with Crippen molar-refractivity contribution in [3.63, 3.8) is 0 Å². The molecule has 1 unspecified atom stereocenters. The quantitative estimate of drug-likeness (QED) is 0.155. The number of carbonyl (C=O) groups is 2. The molecular formula is C31H24Cl2F3NO6S. The maximum atomic E-state index is 13.8. The molecule has 4 aromatic rings. The molecule has 1 N–H and O–H groups in total. The highest BCUT2D eigenvalue weighted by Crippen LogP contribution is 2.31. The van der Waals surface area contributed by atoms with E-state index in [1.165, 1.54) is 54.6 Å². The lowest BCUT2D eigenvalue weighted by Gasteiger charge is -2.25. The number of aliphatic carboxylic acids is 1. The van der Waals surface area contributed by atoms with E-state index >= 15 is 0 Å². The molecule has 0 radical (unpaired) electrons. The van der Waals surface area contributed by atoms with Crippen LogP contribution in [0.5, 0.6) is 5.75 Å². The van der Waals surface area contributed by atoms with E-state index in [-0.39, 0.29) is 45.6 Å². The number of carboxylic acids is 1. The average Bonchev–Trinajstić information content (AvgIpc) is 2.97. The van der Waals surface area contributed by atoms with E-state index in [0.29, 0.717) is 5.56 Å². The van der Waals surface area contributed by atoms with E-state index in [1.807, 2.05) is 0 Å². The highest BCUT2D eigenvalue weighted by atomic mass is 35.5. The number of sulfonamides is 1. The van der Waals surface area contributed by atoms with E-state index in [1.54, 1.807) is 30.3 Å². The molecule has 7 nitrogen and oxygen atoms in total. The molecule has 4 aromatic carbocycles. The Kier molecular flexibility index (Phi) is 10.2. The van der Waals surface area contributed by atoms with Crippen LogP contribution in [0.1, 0.15) is 27.9 Å². The zero-order valence-corrected chi connectivity index (χ0v) is 25.0. The van der Waals surface area contributed by atoms with Gasteiger partial charge in [-0.3, -0.25) is 13.9 Å². The lowest BCUT2D eigenvalue weighted by molar-refractivity contribution is -0.274. The molecule has 0 saturated heterocycles.